The molecule has 0 saturated heterocycles. The summed E-state index contributed by atoms with van der Waals surface area (Å²) in [6.07, 6.45) is 1.48. The Labute approximate surface area is 123 Å². The molecule has 21 heavy (non-hydrogen) atoms. The number of nitrogens with one attached hydrogen (secondary N) is 1. The number of carbonyl (C=O) groups excluding carboxylic acids is 1. The van der Waals surface area contributed by atoms with E-state index in [1.165, 1.54) is 13.4 Å². The second kappa shape index (κ2) is 7.35. The van der Waals surface area contributed by atoms with Crippen LogP contribution in [0.3, 0.4) is 0 Å². The minimum Gasteiger partial charge on any atom is -0.497 e. The fourth-order valence-corrected chi connectivity index (χ4v) is 1.79. The van der Waals surface area contributed by atoms with Crippen molar-refractivity contribution >= 4 is 5.91 Å². The Kier molecular flexibility index (Phi) is 5.22. The lowest BCUT2D eigenvalue weighted by Gasteiger charge is -2.06. The Morgan fingerprint density at radius 3 is 2.62 bits per heavy atom. The zero-order chi connectivity index (χ0) is 15.1. The lowest BCUT2D eigenvalue weighted by Crippen LogP contribution is -2.26. The van der Waals surface area contributed by atoms with Crippen molar-refractivity contribution < 1.29 is 14.3 Å². The maximum absolute atomic E-state index is 11.3. The number of nitrogens with zero attached hydrogens (tertiary/aromatic N) is 2. The monoisotopic (exact) mass is 287 g/mol. The molecule has 1 amide bonds. The van der Waals surface area contributed by atoms with Gasteiger partial charge in [-0.1, -0.05) is 0 Å². The molecular weight excluding hydrogens is 270 g/mol. The number of aromatic nitrogens is 2. The first kappa shape index (κ1) is 14.9. The Hall–Kier alpha value is -2.47. The third-order valence-corrected chi connectivity index (χ3v) is 2.85. The van der Waals surface area contributed by atoms with Gasteiger partial charge in [0.05, 0.1) is 25.0 Å². The van der Waals surface area contributed by atoms with Crippen LogP contribution < -0.4 is 10.1 Å². The zero-order valence-corrected chi connectivity index (χ0v) is 12.0. The van der Waals surface area contributed by atoms with Crippen LogP contribution in [0.2, 0.25) is 0 Å². The Morgan fingerprint density at radius 2 is 1.95 bits per heavy atom. The number of carbonyl (C=O) groups is 1. The molecule has 1 aromatic carbocycles. The van der Waals surface area contributed by atoms with Gasteiger partial charge in [0.2, 0.25) is 5.91 Å². The molecule has 0 atom stereocenters. The van der Waals surface area contributed by atoms with Crippen molar-refractivity contribution in [3.8, 4) is 17.0 Å². The van der Waals surface area contributed by atoms with Crippen molar-refractivity contribution in [2.45, 2.75) is 6.54 Å². The van der Waals surface area contributed by atoms with Gasteiger partial charge in [0.25, 0.3) is 0 Å². The highest BCUT2D eigenvalue weighted by Crippen LogP contribution is 2.20. The first-order valence-corrected chi connectivity index (χ1v) is 6.44. The van der Waals surface area contributed by atoms with E-state index in [4.69, 9.17) is 9.47 Å². The summed E-state index contributed by atoms with van der Waals surface area (Å²) < 4.78 is 9.87. The van der Waals surface area contributed by atoms with E-state index in [1.54, 1.807) is 7.11 Å². The Bertz CT molecular complexity index is 599. The van der Waals surface area contributed by atoms with Crippen LogP contribution in [-0.2, 0) is 16.1 Å². The number of hydrogen-bond acceptors (Lipinski definition) is 5. The summed E-state index contributed by atoms with van der Waals surface area (Å²) in [5, 5.41) is 2.72. The van der Waals surface area contributed by atoms with Gasteiger partial charge in [0, 0.05) is 12.7 Å². The van der Waals surface area contributed by atoms with Crippen LogP contribution in [0.5, 0.6) is 5.75 Å². The molecule has 0 unspecified atom stereocenters. The minimum atomic E-state index is -0.179. The highest BCUT2D eigenvalue weighted by Gasteiger charge is 2.04. The smallest absolute Gasteiger partial charge is 0.246 e. The standard InChI is InChI=1S/C15H17N3O3/c1-20-9-15(19)16-8-12-7-14(18-10-17-12)11-3-5-13(21-2)6-4-11/h3-7,10H,8-9H2,1-2H3,(H,16,19). The lowest BCUT2D eigenvalue weighted by molar-refractivity contribution is -0.124. The fourth-order valence-electron chi connectivity index (χ4n) is 1.79. The van der Waals surface area contributed by atoms with Crippen LogP contribution in [0.4, 0.5) is 0 Å². The lowest BCUT2D eigenvalue weighted by atomic mass is 10.1. The van der Waals surface area contributed by atoms with Crippen LogP contribution in [0.1, 0.15) is 5.69 Å². The van der Waals surface area contributed by atoms with Crippen LogP contribution in [0, 0.1) is 0 Å². The maximum Gasteiger partial charge on any atom is 0.246 e. The molecule has 0 aliphatic rings. The molecule has 2 aromatic rings. The van der Waals surface area contributed by atoms with E-state index in [0.29, 0.717) is 6.54 Å². The van der Waals surface area contributed by atoms with Gasteiger partial charge in [-0.2, -0.15) is 0 Å². The summed E-state index contributed by atoms with van der Waals surface area (Å²) in [6, 6.07) is 9.44. The first-order valence-electron chi connectivity index (χ1n) is 6.44. The quantitative estimate of drug-likeness (QED) is 0.869. The van der Waals surface area contributed by atoms with E-state index in [2.05, 4.69) is 15.3 Å². The number of benzene rings is 1. The van der Waals surface area contributed by atoms with E-state index >= 15 is 0 Å². The van der Waals surface area contributed by atoms with Crippen molar-refractivity contribution in [3.05, 3.63) is 42.4 Å². The molecule has 0 bridgehead atoms. The van der Waals surface area contributed by atoms with Crippen LogP contribution in [0.25, 0.3) is 11.3 Å². The fraction of sp³-hybridized carbons (Fsp3) is 0.267. The van der Waals surface area contributed by atoms with Gasteiger partial charge in [0.1, 0.15) is 18.7 Å². The maximum atomic E-state index is 11.3. The Morgan fingerprint density at radius 1 is 1.19 bits per heavy atom. The van der Waals surface area contributed by atoms with Gasteiger partial charge in [-0.3, -0.25) is 4.79 Å². The highest BCUT2D eigenvalue weighted by atomic mass is 16.5. The van der Waals surface area contributed by atoms with E-state index in [-0.39, 0.29) is 12.5 Å². The van der Waals surface area contributed by atoms with Crippen LogP contribution in [-0.4, -0.2) is 36.7 Å². The molecule has 1 aromatic heterocycles. The Balaban J connectivity index is 2.07. The molecule has 1 N–H and O–H groups in total. The molecule has 1 heterocycles. The molecular formula is C15H17N3O3. The van der Waals surface area contributed by atoms with Gasteiger partial charge in [0.15, 0.2) is 0 Å². The average molecular weight is 287 g/mol. The van der Waals surface area contributed by atoms with Gasteiger partial charge >= 0.3 is 0 Å². The average Bonchev–Trinajstić information content (AvgIpc) is 2.54. The molecule has 2 rings (SSSR count). The minimum absolute atomic E-state index is 0.0381. The number of rotatable bonds is 6. The number of ether oxygens (including phenoxy) is 2. The molecule has 0 radical (unpaired) electrons. The topological polar surface area (TPSA) is 73.3 Å². The van der Waals surface area contributed by atoms with Crippen molar-refractivity contribution in [1.82, 2.24) is 15.3 Å². The molecule has 0 aliphatic heterocycles. The summed E-state index contributed by atoms with van der Waals surface area (Å²) in [4.78, 5) is 19.7. The second-order valence-corrected chi connectivity index (χ2v) is 4.33. The molecule has 0 fully saturated rings. The summed E-state index contributed by atoms with van der Waals surface area (Å²) in [6.45, 7) is 0.379. The summed E-state index contributed by atoms with van der Waals surface area (Å²) in [7, 11) is 3.10. The number of methoxy groups -OCH3 is 2. The number of amides is 1. The van der Waals surface area contributed by atoms with Gasteiger partial charge < -0.3 is 14.8 Å². The van der Waals surface area contributed by atoms with Gasteiger partial charge in [-0.15, -0.1) is 0 Å². The summed E-state index contributed by atoms with van der Waals surface area (Å²) >= 11 is 0. The van der Waals surface area contributed by atoms with E-state index in [1.807, 2.05) is 30.3 Å². The molecule has 110 valence electrons. The molecule has 0 saturated carbocycles. The molecule has 6 nitrogen and oxygen atoms in total. The second-order valence-electron chi connectivity index (χ2n) is 4.33. The summed E-state index contributed by atoms with van der Waals surface area (Å²) in [5.74, 6) is 0.613. The predicted molar refractivity (Wildman–Crippen MR) is 77.7 cm³/mol. The van der Waals surface area contributed by atoms with Crippen LogP contribution >= 0.6 is 0 Å². The van der Waals surface area contributed by atoms with Crippen molar-refractivity contribution in [2.75, 3.05) is 20.8 Å². The first-order chi connectivity index (χ1) is 10.2. The largest absolute Gasteiger partial charge is 0.497 e. The van der Waals surface area contributed by atoms with Crippen molar-refractivity contribution in [2.24, 2.45) is 0 Å². The zero-order valence-electron chi connectivity index (χ0n) is 12.0. The van der Waals surface area contributed by atoms with Crippen LogP contribution in [0.15, 0.2) is 36.7 Å². The third-order valence-electron chi connectivity index (χ3n) is 2.85. The van der Waals surface area contributed by atoms with Crippen molar-refractivity contribution in [3.63, 3.8) is 0 Å². The van der Waals surface area contributed by atoms with Crippen molar-refractivity contribution in [1.29, 1.82) is 0 Å². The van der Waals surface area contributed by atoms with E-state index < -0.39 is 0 Å². The molecule has 0 aliphatic carbocycles. The number of hydrogen-bond donors (Lipinski definition) is 1. The predicted octanol–water partition coefficient (Wildman–Crippen LogP) is 1.41. The van der Waals surface area contributed by atoms with E-state index in [0.717, 1.165) is 22.7 Å². The van der Waals surface area contributed by atoms with Gasteiger partial charge in [-0.25, -0.2) is 9.97 Å². The highest BCUT2D eigenvalue weighted by molar-refractivity contribution is 5.77. The normalized spacial score (nSPS) is 10.2. The van der Waals surface area contributed by atoms with Gasteiger partial charge in [-0.05, 0) is 30.3 Å². The summed E-state index contributed by atoms with van der Waals surface area (Å²) in [5.41, 5.74) is 2.49. The molecule has 6 heteroatoms. The molecule has 0 spiro atoms. The third kappa shape index (κ3) is 4.25. The SMILES string of the molecule is COCC(=O)NCc1cc(-c2ccc(OC)cc2)ncn1. The van der Waals surface area contributed by atoms with E-state index in [9.17, 15) is 4.79 Å².